The summed E-state index contributed by atoms with van der Waals surface area (Å²) in [7, 11) is 0. The fraction of sp³-hybridized carbons (Fsp3) is 0.643. The van der Waals surface area contributed by atoms with Crippen LogP contribution < -0.4 is 5.32 Å². The van der Waals surface area contributed by atoms with Crippen LogP contribution in [0.3, 0.4) is 0 Å². The quantitative estimate of drug-likeness (QED) is 0.856. The molecule has 1 unspecified atom stereocenters. The lowest BCUT2D eigenvalue weighted by Crippen LogP contribution is -2.32. The highest BCUT2D eigenvalue weighted by molar-refractivity contribution is 5.96. The van der Waals surface area contributed by atoms with Gasteiger partial charge in [-0.2, -0.15) is 13.2 Å². The number of halogens is 3. The van der Waals surface area contributed by atoms with E-state index >= 15 is 0 Å². The van der Waals surface area contributed by atoms with Crippen LogP contribution in [0.5, 0.6) is 0 Å². The number of amides is 1. The molecule has 0 fully saturated rings. The first-order chi connectivity index (χ1) is 10.9. The van der Waals surface area contributed by atoms with Gasteiger partial charge < -0.3 is 14.4 Å². The van der Waals surface area contributed by atoms with Crippen molar-refractivity contribution >= 4 is 17.9 Å². The molecular formula is C14H18F3N3O4. The number of hydrogen-bond donors (Lipinski definition) is 2. The zero-order valence-corrected chi connectivity index (χ0v) is 13.4. The maximum atomic E-state index is 12.9. The molecular weight excluding hydrogens is 331 g/mol. The Balaban J connectivity index is 2.29. The summed E-state index contributed by atoms with van der Waals surface area (Å²) >= 11 is 0. The number of aromatic carboxylic acids is 1. The Bertz CT molecular complexity index is 661. The predicted molar refractivity (Wildman–Crippen MR) is 76.9 cm³/mol. The molecule has 1 aliphatic heterocycles. The highest BCUT2D eigenvalue weighted by Gasteiger charge is 2.43. The van der Waals surface area contributed by atoms with Gasteiger partial charge in [0, 0.05) is 13.0 Å². The molecule has 0 aromatic carbocycles. The first kappa shape index (κ1) is 18.1. The molecule has 10 heteroatoms. The molecule has 0 saturated heterocycles. The number of alkyl halides is 3. The summed E-state index contributed by atoms with van der Waals surface area (Å²) < 4.78 is 44.8. The largest absolute Gasteiger partial charge is 0.476 e. The van der Waals surface area contributed by atoms with E-state index in [-0.39, 0.29) is 30.3 Å². The highest BCUT2D eigenvalue weighted by atomic mass is 19.4. The molecule has 2 heterocycles. The second kappa shape index (κ2) is 5.99. The summed E-state index contributed by atoms with van der Waals surface area (Å²) in [5.41, 5.74) is -1.16. The third-order valence-corrected chi connectivity index (χ3v) is 3.46. The van der Waals surface area contributed by atoms with Crippen LogP contribution in [-0.4, -0.2) is 38.5 Å². The van der Waals surface area contributed by atoms with Crippen LogP contribution in [-0.2, 0) is 17.7 Å². The molecule has 0 aliphatic carbocycles. The molecule has 134 valence electrons. The molecule has 0 bridgehead atoms. The molecule has 1 aromatic heterocycles. The minimum absolute atomic E-state index is 0.0213. The summed E-state index contributed by atoms with van der Waals surface area (Å²) in [6, 6.07) is 0. The predicted octanol–water partition coefficient (Wildman–Crippen LogP) is 3.05. The van der Waals surface area contributed by atoms with Gasteiger partial charge in [-0.25, -0.2) is 14.6 Å². The van der Waals surface area contributed by atoms with Gasteiger partial charge in [0.15, 0.2) is 11.5 Å². The van der Waals surface area contributed by atoms with Crippen molar-refractivity contribution in [3.05, 3.63) is 11.5 Å². The van der Waals surface area contributed by atoms with Crippen LogP contribution >= 0.6 is 0 Å². The Morgan fingerprint density at radius 2 is 1.96 bits per heavy atom. The number of carbonyl (C=O) groups is 2. The molecule has 24 heavy (non-hydrogen) atoms. The highest BCUT2D eigenvalue weighted by Crippen LogP contribution is 2.36. The summed E-state index contributed by atoms with van der Waals surface area (Å²) in [5.74, 6) is -3.30. The summed E-state index contributed by atoms with van der Waals surface area (Å²) in [6.45, 7) is 4.73. The fourth-order valence-corrected chi connectivity index (χ4v) is 2.49. The van der Waals surface area contributed by atoms with Gasteiger partial charge in [0.25, 0.3) is 0 Å². The molecule has 7 nitrogen and oxygen atoms in total. The number of imidazole rings is 1. The lowest BCUT2D eigenvalue weighted by atomic mass is 9.97. The number of hydrogen-bond acceptors (Lipinski definition) is 4. The number of carboxylic acids is 1. The van der Waals surface area contributed by atoms with Crippen LogP contribution in [0.4, 0.5) is 23.8 Å². The molecule has 2 rings (SSSR count). The van der Waals surface area contributed by atoms with Crippen molar-refractivity contribution in [1.29, 1.82) is 0 Å². The lowest BCUT2D eigenvalue weighted by molar-refractivity contribution is -0.179. The molecule has 0 radical (unpaired) electrons. The van der Waals surface area contributed by atoms with Crippen LogP contribution in [0.25, 0.3) is 0 Å². The van der Waals surface area contributed by atoms with Gasteiger partial charge in [0.05, 0.1) is 5.92 Å². The van der Waals surface area contributed by atoms with Crippen molar-refractivity contribution in [3.8, 4) is 0 Å². The van der Waals surface area contributed by atoms with Gasteiger partial charge in [0.1, 0.15) is 11.4 Å². The second-order valence-corrected chi connectivity index (χ2v) is 6.54. The van der Waals surface area contributed by atoms with E-state index < -0.39 is 36.2 Å². The monoisotopic (exact) mass is 349 g/mol. The van der Waals surface area contributed by atoms with Crippen molar-refractivity contribution < 1.29 is 32.6 Å². The van der Waals surface area contributed by atoms with Crippen molar-refractivity contribution in [2.45, 2.75) is 51.9 Å². The van der Waals surface area contributed by atoms with Crippen LogP contribution in [0, 0.1) is 5.92 Å². The van der Waals surface area contributed by atoms with Crippen molar-refractivity contribution in [2.24, 2.45) is 5.92 Å². The average Bonchev–Trinajstić information content (AvgIpc) is 2.71. The normalized spacial score (nSPS) is 18.0. The minimum Gasteiger partial charge on any atom is -0.476 e. The van der Waals surface area contributed by atoms with E-state index in [0.29, 0.717) is 0 Å². The van der Waals surface area contributed by atoms with Gasteiger partial charge in [-0.05, 0) is 27.2 Å². The second-order valence-electron chi connectivity index (χ2n) is 6.54. The number of nitrogens with zero attached hydrogens (tertiary/aromatic N) is 2. The third kappa shape index (κ3) is 3.98. The van der Waals surface area contributed by atoms with Crippen LogP contribution in [0.1, 0.15) is 43.5 Å². The van der Waals surface area contributed by atoms with Gasteiger partial charge in [0.2, 0.25) is 0 Å². The Morgan fingerprint density at radius 3 is 2.46 bits per heavy atom. The standard InChI is InChI=1S/C14H18F3N3O4/c1-13(2,3)24-12(23)19-10-9(11(21)22)20-5-4-7(14(15,16)17)6-8(20)18-10/h7H,4-6H2,1-3H3,(H,19,23)(H,21,22). The zero-order chi connectivity index (χ0) is 18.3. The number of carbonyl (C=O) groups excluding carboxylic acids is 1. The van der Waals surface area contributed by atoms with Crippen molar-refractivity contribution in [1.82, 2.24) is 9.55 Å². The SMILES string of the molecule is CC(C)(C)OC(=O)Nc1nc2n(c1C(=O)O)CCC(C(F)(F)F)C2. The number of carboxylic acid groups (broad SMARTS) is 1. The Labute approximate surface area is 135 Å². The van der Waals surface area contributed by atoms with Gasteiger partial charge >= 0.3 is 18.2 Å². The molecule has 1 amide bonds. The number of ether oxygens (including phenoxy) is 1. The first-order valence-corrected chi connectivity index (χ1v) is 7.28. The number of aromatic nitrogens is 2. The van der Waals surface area contributed by atoms with E-state index in [1.54, 1.807) is 20.8 Å². The van der Waals surface area contributed by atoms with E-state index in [2.05, 4.69) is 10.3 Å². The molecule has 0 spiro atoms. The Hall–Kier alpha value is -2.26. The van der Waals surface area contributed by atoms with Gasteiger partial charge in [-0.15, -0.1) is 0 Å². The molecule has 0 saturated carbocycles. The van der Waals surface area contributed by atoms with E-state index in [1.165, 1.54) is 4.57 Å². The fourth-order valence-electron chi connectivity index (χ4n) is 2.49. The number of nitrogens with one attached hydrogen (secondary N) is 1. The van der Waals surface area contributed by atoms with E-state index in [1.807, 2.05) is 0 Å². The number of rotatable bonds is 2. The van der Waals surface area contributed by atoms with Crippen molar-refractivity contribution in [3.63, 3.8) is 0 Å². The molecule has 1 atom stereocenters. The van der Waals surface area contributed by atoms with Gasteiger partial charge in [-0.3, -0.25) is 5.32 Å². The van der Waals surface area contributed by atoms with E-state index in [4.69, 9.17) is 4.74 Å². The minimum atomic E-state index is -4.38. The summed E-state index contributed by atoms with van der Waals surface area (Å²) in [4.78, 5) is 27.1. The summed E-state index contributed by atoms with van der Waals surface area (Å²) in [6.07, 6.45) is -5.97. The smallest absolute Gasteiger partial charge is 0.413 e. The first-order valence-electron chi connectivity index (χ1n) is 7.28. The molecule has 1 aliphatic rings. The maximum Gasteiger partial charge on any atom is 0.413 e. The Kier molecular flexibility index (Phi) is 4.51. The zero-order valence-electron chi connectivity index (χ0n) is 13.4. The topological polar surface area (TPSA) is 93.5 Å². The number of fused-ring (bicyclic) bond motifs is 1. The van der Waals surface area contributed by atoms with Crippen LogP contribution in [0.2, 0.25) is 0 Å². The van der Waals surface area contributed by atoms with E-state index in [9.17, 15) is 27.9 Å². The van der Waals surface area contributed by atoms with Crippen LogP contribution in [0.15, 0.2) is 0 Å². The van der Waals surface area contributed by atoms with E-state index in [0.717, 1.165) is 0 Å². The maximum absolute atomic E-state index is 12.9. The molecule has 2 N–H and O–H groups in total. The molecule has 1 aromatic rings. The van der Waals surface area contributed by atoms with Crippen molar-refractivity contribution in [2.75, 3.05) is 5.32 Å². The number of anilines is 1. The Morgan fingerprint density at radius 1 is 1.33 bits per heavy atom. The van der Waals surface area contributed by atoms with Gasteiger partial charge in [-0.1, -0.05) is 0 Å². The average molecular weight is 349 g/mol. The summed E-state index contributed by atoms with van der Waals surface area (Å²) in [5, 5.41) is 11.5. The third-order valence-electron chi connectivity index (χ3n) is 3.46. The lowest BCUT2D eigenvalue weighted by Gasteiger charge is -2.25.